The van der Waals surface area contributed by atoms with Gasteiger partial charge in [0.1, 0.15) is 0 Å². The number of nitrogens with zero attached hydrogens (tertiary/aromatic N) is 1. The van der Waals surface area contributed by atoms with E-state index in [0.717, 1.165) is 0 Å². The van der Waals surface area contributed by atoms with Crippen LogP contribution >= 0.6 is 0 Å². The molecule has 0 aliphatic rings. The molecule has 82 valence electrons. The van der Waals surface area contributed by atoms with Gasteiger partial charge in [0.2, 0.25) is 5.88 Å². The summed E-state index contributed by atoms with van der Waals surface area (Å²) in [4.78, 5) is 14.0. The van der Waals surface area contributed by atoms with Crippen LogP contribution in [0.4, 0.5) is 10.5 Å². The van der Waals surface area contributed by atoms with E-state index in [2.05, 4.69) is 10.3 Å². The number of nitrogens with two attached hydrogens (primary N) is 1. The molecule has 0 aliphatic carbocycles. The summed E-state index contributed by atoms with van der Waals surface area (Å²) in [5, 5.41) is 10.5. The van der Waals surface area contributed by atoms with Crippen LogP contribution in [0.25, 0.3) is 0 Å². The van der Waals surface area contributed by atoms with E-state index in [0.29, 0.717) is 31.1 Å². The molecule has 0 radical (unpaired) electrons. The van der Waals surface area contributed by atoms with Crippen molar-refractivity contribution in [3.63, 3.8) is 0 Å². The highest BCUT2D eigenvalue weighted by Crippen LogP contribution is 2.08. The quantitative estimate of drug-likeness (QED) is 0.623. The molecule has 0 unspecified atom stereocenters. The number of carbonyl (C=O) groups is 1. The molecular formula is C9H13N3O3. The van der Waals surface area contributed by atoms with Gasteiger partial charge in [0, 0.05) is 12.6 Å². The zero-order valence-electron chi connectivity index (χ0n) is 8.14. The van der Waals surface area contributed by atoms with Crippen LogP contribution in [-0.4, -0.2) is 29.3 Å². The van der Waals surface area contributed by atoms with Crippen LogP contribution in [0.1, 0.15) is 6.42 Å². The molecule has 6 heteroatoms. The number of nitrogen functional groups attached to an aromatic ring is 1. The minimum atomic E-state index is -1.03. The average Bonchev–Trinajstić information content (AvgIpc) is 2.20. The number of ether oxygens (including phenoxy) is 1. The zero-order chi connectivity index (χ0) is 11.1. The Hall–Kier alpha value is -1.98. The van der Waals surface area contributed by atoms with Gasteiger partial charge in [-0.05, 0) is 12.5 Å². The molecule has 1 rings (SSSR count). The fourth-order valence-corrected chi connectivity index (χ4v) is 0.921. The van der Waals surface area contributed by atoms with E-state index in [4.69, 9.17) is 15.6 Å². The van der Waals surface area contributed by atoms with Crippen LogP contribution < -0.4 is 15.8 Å². The van der Waals surface area contributed by atoms with Crippen LogP contribution in [0, 0.1) is 0 Å². The van der Waals surface area contributed by atoms with Crippen molar-refractivity contribution in [2.45, 2.75) is 6.42 Å². The summed E-state index contributed by atoms with van der Waals surface area (Å²) < 4.78 is 5.24. The lowest BCUT2D eigenvalue weighted by Crippen LogP contribution is -2.23. The molecule has 1 amide bonds. The molecule has 0 spiro atoms. The second kappa shape index (κ2) is 5.69. The molecule has 4 N–H and O–H groups in total. The second-order valence-corrected chi connectivity index (χ2v) is 2.86. The number of amides is 1. The van der Waals surface area contributed by atoms with Crippen molar-refractivity contribution in [2.24, 2.45) is 0 Å². The van der Waals surface area contributed by atoms with Gasteiger partial charge < -0.3 is 20.9 Å². The number of aromatic nitrogens is 1. The number of nitrogens with one attached hydrogen (secondary N) is 1. The highest BCUT2D eigenvalue weighted by molar-refractivity contribution is 5.64. The summed E-state index contributed by atoms with van der Waals surface area (Å²) in [6.07, 6.45) is 1.07. The van der Waals surface area contributed by atoms with Crippen LogP contribution in [-0.2, 0) is 0 Å². The number of anilines is 1. The van der Waals surface area contributed by atoms with E-state index in [9.17, 15) is 4.79 Å². The minimum Gasteiger partial charge on any atom is -0.478 e. The van der Waals surface area contributed by atoms with E-state index in [1.165, 1.54) is 6.20 Å². The summed E-state index contributed by atoms with van der Waals surface area (Å²) in [5.41, 5.74) is 6.02. The molecule has 0 saturated carbocycles. The van der Waals surface area contributed by atoms with E-state index < -0.39 is 6.09 Å². The maximum absolute atomic E-state index is 10.1. The first kappa shape index (κ1) is 11.1. The van der Waals surface area contributed by atoms with Gasteiger partial charge >= 0.3 is 6.09 Å². The van der Waals surface area contributed by atoms with Crippen molar-refractivity contribution < 1.29 is 14.6 Å². The van der Waals surface area contributed by atoms with Crippen LogP contribution in [0.3, 0.4) is 0 Å². The SMILES string of the molecule is Nc1ccc(OCCCNC(=O)O)nc1. The van der Waals surface area contributed by atoms with Gasteiger partial charge in [0.05, 0.1) is 18.5 Å². The molecule has 0 bridgehead atoms. The normalized spacial score (nSPS) is 9.60. The van der Waals surface area contributed by atoms with Gasteiger partial charge in [-0.1, -0.05) is 0 Å². The van der Waals surface area contributed by atoms with Crippen molar-refractivity contribution in [3.05, 3.63) is 18.3 Å². The first-order valence-electron chi connectivity index (χ1n) is 4.49. The Balaban J connectivity index is 2.15. The molecule has 1 aromatic heterocycles. The van der Waals surface area contributed by atoms with Crippen LogP contribution in [0.2, 0.25) is 0 Å². The van der Waals surface area contributed by atoms with E-state index in [1.54, 1.807) is 12.1 Å². The summed E-state index contributed by atoms with van der Waals surface area (Å²) in [6, 6.07) is 3.36. The standard InChI is InChI=1S/C9H13N3O3/c10-7-2-3-8(12-6-7)15-5-1-4-11-9(13)14/h2-3,6,11H,1,4-5,10H2,(H,13,14). The maximum Gasteiger partial charge on any atom is 0.404 e. The highest BCUT2D eigenvalue weighted by Gasteiger charge is 1.96. The Morgan fingerprint density at radius 3 is 3.00 bits per heavy atom. The first-order valence-corrected chi connectivity index (χ1v) is 4.49. The Kier molecular flexibility index (Phi) is 4.21. The van der Waals surface area contributed by atoms with Gasteiger partial charge in [-0.3, -0.25) is 0 Å². The topological polar surface area (TPSA) is 97.5 Å². The minimum absolute atomic E-state index is 0.365. The molecular weight excluding hydrogens is 198 g/mol. The molecule has 0 atom stereocenters. The lowest BCUT2D eigenvalue weighted by atomic mass is 10.4. The predicted octanol–water partition coefficient (Wildman–Crippen LogP) is 0.700. The molecule has 6 nitrogen and oxygen atoms in total. The van der Waals surface area contributed by atoms with Gasteiger partial charge in [-0.15, -0.1) is 0 Å². The van der Waals surface area contributed by atoms with Gasteiger partial charge in [-0.25, -0.2) is 9.78 Å². The third-order valence-electron chi connectivity index (χ3n) is 1.61. The molecule has 0 fully saturated rings. The first-order chi connectivity index (χ1) is 7.18. The maximum atomic E-state index is 10.1. The number of pyridine rings is 1. The number of rotatable bonds is 5. The molecule has 1 heterocycles. The van der Waals surface area contributed by atoms with E-state index in [-0.39, 0.29) is 0 Å². The molecule has 1 aromatic rings. The van der Waals surface area contributed by atoms with Crippen molar-refractivity contribution in [2.75, 3.05) is 18.9 Å². The highest BCUT2D eigenvalue weighted by atomic mass is 16.5. The Bertz CT molecular complexity index is 313. The molecule has 0 saturated heterocycles. The molecule has 0 aliphatic heterocycles. The van der Waals surface area contributed by atoms with Crippen molar-refractivity contribution >= 4 is 11.8 Å². The summed E-state index contributed by atoms with van der Waals surface area (Å²) in [5.74, 6) is 0.486. The Labute approximate surface area is 87.1 Å². The fraction of sp³-hybridized carbons (Fsp3) is 0.333. The molecule has 0 aromatic carbocycles. The van der Waals surface area contributed by atoms with Gasteiger partial charge in [-0.2, -0.15) is 0 Å². The monoisotopic (exact) mass is 211 g/mol. The average molecular weight is 211 g/mol. The summed E-state index contributed by atoms with van der Waals surface area (Å²) >= 11 is 0. The Morgan fingerprint density at radius 2 is 2.40 bits per heavy atom. The van der Waals surface area contributed by atoms with Crippen molar-refractivity contribution in [1.82, 2.24) is 10.3 Å². The van der Waals surface area contributed by atoms with Crippen molar-refractivity contribution in [1.29, 1.82) is 0 Å². The van der Waals surface area contributed by atoms with E-state index in [1.807, 2.05) is 0 Å². The third kappa shape index (κ3) is 4.70. The van der Waals surface area contributed by atoms with Gasteiger partial charge in [0.25, 0.3) is 0 Å². The summed E-state index contributed by atoms with van der Waals surface area (Å²) in [7, 11) is 0. The number of hydrogen-bond acceptors (Lipinski definition) is 4. The third-order valence-corrected chi connectivity index (χ3v) is 1.61. The lowest BCUT2D eigenvalue weighted by molar-refractivity contribution is 0.193. The van der Waals surface area contributed by atoms with Crippen molar-refractivity contribution in [3.8, 4) is 5.88 Å². The van der Waals surface area contributed by atoms with Gasteiger partial charge in [0.15, 0.2) is 0 Å². The predicted molar refractivity (Wildman–Crippen MR) is 54.8 cm³/mol. The zero-order valence-corrected chi connectivity index (χ0v) is 8.14. The smallest absolute Gasteiger partial charge is 0.404 e. The van der Waals surface area contributed by atoms with Crippen LogP contribution in [0.5, 0.6) is 5.88 Å². The Morgan fingerprint density at radius 1 is 1.60 bits per heavy atom. The number of carboxylic acid groups (broad SMARTS) is 1. The fourth-order valence-electron chi connectivity index (χ4n) is 0.921. The molecule has 15 heavy (non-hydrogen) atoms. The number of hydrogen-bond donors (Lipinski definition) is 3. The van der Waals surface area contributed by atoms with E-state index >= 15 is 0 Å². The lowest BCUT2D eigenvalue weighted by Gasteiger charge is -2.04. The largest absolute Gasteiger partial charge is 0.478 e. The van der Waals surface area contributed by atoms with Crippen LogP contribution in [0.15, 0.2) is 18.3 Å². The second-order valence-electron chi connectivity index (χ2n) is 2.86. The summed E-state index contributed by atoms with van der Waals surface area (Å²) in [6.45, 7) is 0.779.